The Hall–Kier alpha value is -2.07. The molecule has 2 aromatic rings. The number of nitrogens with one attached hydrogen (secondary N) is 1. The van der Waals surface area contributed by atoms with Gasteiger partial charge in [-0.25, -0.2) is 0 Å². The van der Waals surface area contributed by atoms with Gasteiger partial charge in [-0.3, -0.25) is 15.0 Å². The van der Waals surface area contributed by atoms with Gasteiger partial charge in [-0.1, -0.05) is 17.4 Å². The molecule has 0 fully saturated rings. The number of aliphatic hydroxyl groups is 1. The number of carbonyl (C=O) groups excluding carboxylic acids is 1. The Bertz CT molecular complexity index is 737. The molecule has 0 saturated carbocycles. The Morgan fingerprint density at radius 2 is 2.36 bits per heavy atom. The van der Waals surface area contributed by atoms with Crippen molar-refractivity contribution < 1.29 is 19.4 Å². The minimum Gasteiger partial charge on any atom is -0.492 e. The Balaban J connectivity index is 1.60. The summed E-state index contributed by atoms with van der Waals surface area (Å²) < 4.78 is 10.7. The molecule has 9 heteroatoms. The van der Waals surface area contributed by atoms with E-state index < -0.39 is 0 Å². The summed E-state index contributed by atoms with van der Waals surface area (Å²) in [6.07, 6.45) is 0. The molecule has 134 valence electrons. The smallest absolute Gasteiger partial charge is 0.240 e. The van der Waals surface area contributed by atoms with Crippen molar-refractivity contribution in [3.05, 3.63) is 34.3 Å². The normalized spacial score (nSPS) is 14.5. The van der Waals surface area contributed by atoms with Crippen molar-refractivity contribution in [3.63, 3.8) is 0 Å². The topological polar surface area (TPSA) is 96.8 Å². The number of amides is 1. The first-order valence-electron chi connectivity index (χ1n) is 7.87. The van der Waals surface area contributed by atoms with Gasteiger partial charge in [-0.15, -0.1) is 10.2 Å². The lowest BCUT2D eigenvalue weighted by Gasteiger charge is -2.18. The van der Waals surface area contributed by atoms with Crippen LogP contribution < -0.4 is 10.1 Å². The number of benzene rings is 1. The predicted molar refractivity (Wildman–Crippen MR) is 92.4 cm³/mol. The molecule has 0 spiro atoms. The van der Waals surface area contributed by atoms with Crippen molar-refractivity contribution in [2.24, 2.45) is 0 Å². The molecular weight excluding hydrogens is 344 g/mol. The van der Waals surface area contributed by atoms with Crippen LogP contribution in [0, 0.1) is 0 Å². The van der Waals surface area contributed by atoms with E-state index in [1.165, 1.54) is 11.3 Å². The van der Waals surface area contributed by atoms with E-state index in [0.29, 0.717) is 36.4 Å². The zero-order valence-corrected chi connectivity index (χ0v) is 14.7. The summed E-state index contributed by atoms with van der Waals surface area (Å²) in [6.45, 7) is 2.32. The molecule has 0 bridgehead atoms. The van der Waals surface area contributed by atoms with E-state index in [0.717, 1.165) is 16.9 Å². The van der Waals surface area contributed by atoms with E-state index in [4.69, 9.17) is 9.47 Å². The summed E-state index contributed by atoms with van der Waals surface area (Å²) in [5, 5.41) is 21.1. The number of aromatic nitrogens is 2. The number of rotatable bonds is 6. The molecule has 1 aliphatic rings. The van der Waals surface area contributed by atoms with Crippen molar-refractivity contribution in [3.8, 4) is 5.75 Å². The maximum absolute atomic E-state index is 12.3. The number of hydrogen-bond acceptors (Lipinski definition) is 8. The van der Waals surface area contributed by atoms with Gasteiger partial charge in [0, 0.05) is 25.8 Å². The van der Waals surface area contributed by atoms with E-state index in [-0.39, 0.29) is 19.1 Å². The first-order chi connectivity index (χ1) is 12.2. The molecular formula is C16H20N4O4S. The SMILES string of the molecule is COCc1nnc(NC(=O)CN2CCOc3ccc(CO)cc3C2)s1. The summed E-state index contributed by atoms with van der Waals surface area (Å²) in [7, 11) is 1.58. The van der Waals surface area contributed by atoms with E-state index in [1.54, 1.807) is 7.11 Å². The summed E-state index contributed by atoms with van der Waals surface area (Å²) >= 11 is 1.30. The Morgan fingerprint density at radius 1 is 1.48 bits per heavy atom. The fourth-order valence-electron chi connectivity index (χ4n) is 2.58. The predicted octanol–water partition coefficient (Wildman–Crippen LogP) is 1.01. The van der Waals surface area contributed by atoms with Crippen LogP contribution in [0.1, 0.15) is 16.1 Å². The lowest BCUT2D eigenvalue weighted by molar-refractivity contribution is -0.117. The summed E-state index contributed by atoms with van der Waals surface area (Å²) in [5.41, 5.74) is 1.79. The average Bonchev–Trinajstić information content (AvgIpc) is 2.92. The molecule has 1 aromatic carbocycles. The highest BCUT2D eigenvalue weighted by Crippen LogP contribution is 2.24. The van der Waals surface area contributed by atoms with Crippen LogP contribution in [0.3, 0.4) is 0 Å². The summed E-state index contributed by atoms with van der Waals surface area (Å²) in [6, 6.07) is 5.62. The highest BCUT2D eigenvalue weighted by molar-refractivity contribution is 7.15. The lowest BCUT2D eigenvalue weighted by Crippen LogP contribution is -2.34. The van der Waals surface area contributed by atoms with Crippen LogP contribution in [0.2, 0.25) is 0 Å². The second kappa shape index (κ2) is 8.34. The number of nitrogens with zero attached hydrogens (tertiary/aromatic N) is 3. The number of ether oxygens (including phenoxy) is 2. The molecule has 1 aliphatic heterocycles. The van der Waals surface area contributed by atoms with Crippen molar-refractivity contribution in [2.45, 2.75) is 19.8 Å². The molecule has 1 amide bonds. The second-order valence-corrected chi connectivity index (χ2v) is 6.70. The van der Waals surface area contributed by atoms with Gasteiger partial charge < -0.3 is 14.6 Å². The Morgan fingerprint density at radius 3 is 3.16 bits per heavy atom. The lowest BCUT2D eigenvalue weighted by atomic mass is 10.1. The maximum Gasteiger partial charge on any atom is 0.240 e. The molecule has 2 heterocycles. The fourth-order valence-corrected chi connectivity index (χ4v) is 3.31. The third-order valence-electron chi connectivity index (χ3n) is 3.71. The standard InChI is InChI=1S/C16H20N4O4S/c1-23-10-15-18-19-16(25-15)17-14(22)8-20-4-5-24-13-3-2-11(9-21)6-12(13)7-20/h2-3,6,21H,4-5,7-10H2,1H3,(H,17,19,22). The van der Waals surface area contributed by atoms with E-state index in [2.05, 4.69) is 15.5 Å². The van der Waals surface area contributed by atoms with E-state index in [9.17, 15) is 9.90 Å². The number of anilines is 1. The highest BCUT2D eigenvalue weighted by atomic mass is 32.1. The molecule has 2 N–H and O–H groups in total. The Kier molecular flexibility index (Phi) is 5.92. The third-order valence-corrected chi connectivity index (χ3v) is 4.53. The Labute approximate surface area is 149 Å². The number of fused-ring (bicyclic) bond motifs is 1. The molecule has 0 radical (unpaired) electrons. The van der Waals surface area contributed by atoms with Gasteiger partial charge in [-0.05, 0) is 17.7 Å². The fraction of sp³-hybridized carbons (Fsp3) is 0.438. The van der Waals surface area contributed by atoms with Crippen LogP contribution >= 0.6 is 11.3 Å². The van der Waals surface area contributed by atoms with Gasteiger partial charge in [0.25, 0.3) is 0 Å². The van der Waals surface area contributed by atoms with Crippen molar-refractivity contribution in [2.75, 3.05) is 32.1 Å². The zero-order chi connectivity index (χ0) is 17.6. The van der Waals surface area contributed by atoms with Gasteiger partial charge in [0.05, 0.1) is 13.2 Å². The monoisotopic (exact) mass is 364 g/mol. The van der Waals surface area contributed by atoms with E-state index in [1.807, 2.05) is 23.1 Å². The van der Waals surface area contributed by atoms with Crippen LogP contribution in [-0.4, -0.2) is 52.9 Å². The van der Waals surface area contributed by atoms with Crippen LogP contribution in [0.15, 0.2) is 18.2 Å². The summed E-state index contributed by atoms with van der Waals surface area (Å²) in [5.74, 6) is 0.648. The number of aliphatic hydroxyl groups excluding tert-OH is 1. The number of carbonyl (C=O) groups is 1. The molecule has 0 aliphatic carbocycles. The average molecular weight is 364 g/mol. The molecule has 3 rings (SSSR count). The molecule has 0 unspecified atom stereocenters. The molecule has 1 aromatic heterocycles. The van der Waals surface area contributed by atoms with Gasteiger partial charge in [0.2, 0.25) is 11.0 Å². The maximum atomic E-state index is 12.3. The number of methoxy groups -OCH3 is 1. The minimum absolute atomic E-state index is 0.0192. The van der Waals surface area contributed by atoms with Crippen molar-refractivity contribution >= 4 is 22.4 Å². The van der Waals surface area contributed by atoms with Gasteiger partial charge in [0.15, 0.2) is 0 Å². The second-order valence-electron chi connectivity index (χ2n) is 5.64. The summed E-state index contributed by atoms with van der Waals surface area (Å²) in [4.78, 5) is 14.3. The first kappa shape index (κ1) is 17.7. The van der Waals surface area contributed by atoms with Gasteiger partial charge in [0.1, 0.15) is 24.0 Å². The molecule has 0 atom stereocenters. The van der Waals surface area contributed by atoms with E-state index >= 15 is 0 Å². The molecule has 8 nitrogen and oxygen atoms in total. The highest BCUT2D eigenvalue weighted by Gasteiger charge is 2.19. The van der Waals surface area contributed by atoms with Gasteiger partial charge >= 0.3 is 0 Å². The first-order valence-corrected chi connectivity index (χ1v) is 8.68. The molecule has 0 saturated heterocycles. The minimum atomic E-state index is -0.151. The van der Waals surface area contributed by atoms with Crippen LogP contribution in [0.25, 0.3) is 0 Å². The quantitative estimate of drug-likeness (QED) is 0.789. The van der Waals surface area contributed by atoms with Gasteiger partial charge in [-0.2, -0.15) is 0 Å². The molecule has 25 heavy (non-hydrogen) atoms. The van der Waals surface area contributed by atoms with Crippen LogP contribution in [-0.2, 0) is 29.3 Å². The largest absolute Gasteiger partial charge is 0.492 e. The number of hydrogen-bond donors (Lipinski definition) is 2. The zero-order valence-electron chi connectivity index (χ0n) is 13.9. The van der Waals surface area contributed by atoms with Crippen molar-refractivity contribution in [1.29, 1.82) is 0 Å². The third kappa shape index (κ3) is 4.73. The van der Waals surface area contributed by atoms with Crippen LogP contribution in [0.4, 0.5) is 5.13 Å². The van der Waals surface area contributed by atoms with Crippen molar-refractivity contribution in [1.82, 2.24) is 15.1 Å². The van der Waals surface area contributed by atoms with Crippen LogP contribution in [0.5, 0.6) is 5.75 Å².